The van der Waals surface area contributed by atoms with Gasteiger partial charge in [-0.15, -0.1) is 0 Å². The third-order valence-corrected chi connectivity index (χ3v) is 11.7. The van der Waals surface area contributed by atoms with Crippen molar-refractivity contribution in [2.75, 3.05) is 13.2 Å². The van der Waals surface area contributed by atoms with Crippen molar-refractivity contribution >= 4 is 19.8 Å². The van der Waals surface area contributed by atoms with E-state index in [-0.39, 0.29) is 12.8 Å². The lowest BCUT2D eigenvalue weighted by atomic mass is 9.85. The van der Waals surface area contributed by atoms with Gasteiger partial charge in [-0.25, -0.2) is 4.57 Å². The van der Waals surface area contributed by atoms with Crippen LogP contribution < -0.4 is 0 Å². The van der Waals surface area contributed by atoms with Gasteiger partial charge < -0.3 is 39.9 Å². The van der Waals surface area contributed by atoms with E-state index in [4.69, 9.17) is 18.5 Å². The maximum absolute atomic E-state index is 12.8. The van der Waals surface area contributed by atoms with E-state index in [1.54, 1.807) is 0 Å². The van der Waals surface area contributed by atoms with E-state index in [2.05, 4.69) is 13.8 Å². The van der Waals surface area contributed by atoms with Gasteiger partial charge in [0.1, 0.15) is 43.2 Å². The van der Waals surface area contributed by atoms with Gasteiger partial charge in [0.25, 0.3) is 0 Å². The summed E-state index contributed by atoms with van der Waals surface area (Å²) in [4.78, 5) is 35.6. The molecule has 0 radical (unpaired) electrons. The number of phosphoric ester groups is 1. The van der Waals surface area contributed by atoms with E-state index in [0.29, 0.717) is 12.8 Å². The fourth-order valence-electron chi connectivity index (χ4n) is 7.05. The highest BCUT2D eigenvalue weighted by atomic mass is 31.2. The van der Waals surface area contributed by atoms with Crippen LogP contribution in [0, 0.1) is 0 Å². The average molecular weight is 825 g/mol. The van der Waals surface area contributed by atoms with Gasteiger partial charge in [0.15, 0.2) is 6.10 Å². The third kappa shape index (κ3) is 26.1. The first-order valence-corrected chi connectivity index (χ1v) is 23.8. The molecule has 1 fully saturated rings. The molecule has 0 aliphatic heterocycles. The van der Waals surface area contributed by atoms with Crippen LogP contribution in [-0.4, -0.2) is 98.3 Å². The molecule has 6 N–H and O–H groups in total. The highest BCUT2D eigenvalue weighted by molar-refractivity contribution is 7.47. The lowest BCUT2D eigenvalue weighted by molar-refractivity contribution is -0.220. The maximum atomic E-state index is 12.8. The molecule has 0 aromatic heterocycles. The van der Waals surface area contributed by atoms with Crippen molar-refractivity contribution in [3.05, 3.63) is 0 Å². The van der Waals surface area contributed by atoms with Gasteiger partial charge in [0.2, 0.25) is 0 Å². The molecule has 0 aromatic rings. The summed E-state index contributed by atoms with van der Waals surface area (Å²) >= 11 is 0. The molecule has 56 heavy (non-hydrogen) atoms. The van der Waals surface area contributed by atoms with Gasteiger partial charge in [-0.3, -0.25) is 18.6 Å². The lowest BCUT2D eigenvalue weighted by Gasteiger charge is -2.41. The van der Waals surface area contributed by atoms with Crippen LogP contribution in [0.15, 0.2) is 0 Å². The van der Waals surface area contributed by atoms with Crippen molar-refractivity contribution in [2.24, 2.45) is 0 Å². The normalized spacial score (nSPS) is 22.8. The second-order valence-corrected chi connectivity index (χ2v) is 17.3. The molecule has 6 unspecified atom stereocenters. The topological polar surface area (TPSA) is 210 Å². The SMILES string of the molecule is CCCCCCCCCCCCCCCCCC(=O)OC(COC(=O)CCCCCCCCCCCCCC)COP(=O)(O)OC1C(O)C(O)C(O)C(O)C1O. The maximum Gasteiger partial charge on any atom is 0.472 e. The predicted molar refractivity (Wildman–Crippen MR) is 217 cm³/mol. The number of hydrogen-bond acceptors (Lipinski definition) is 12. The van der Waals surface area contributed by atoms with E-state index in [0.717, 1.165) is 38.5 Å². The average Bonchev–Trinajstić information content (AvgIpc) is 3.18. The first kappa shape index (κ1) is 52.9. The van der Waals surface area contributed by atoms with E-state index in [9.17, 15) is 44.6 Å². The van der Waals surface area contributed by atoms with Crippen LogP contribution in [0.2, 0.25) is 0 Å². The Morgan fingerprint density at radius 1 is 0.482 bits per heavy atom. The van der Waals surface area contributed by atoms with Crippen LogP contribution in [0.25, 0.3) is 0 Å². The van der Waals surface area contributed by atoms with Crippen LogP contribution in [0.4, 0.5) is 0 Å². The van der Waals surface area contributed by atoms with Crippen LogP contribution in [0.1, 0.15) is 200 Å². The Hall–Kier alpha value is -1.15. The number of carbonyl (C=O) groups excluding carboxylic acids is 2. The zero-order chi connectivity index (χ0) is 41.4. The Kier molecular flexibility index (Phi) is 31.8. The molecule has 0 amide bonds. The van der Waals surface area contributed by atoms with E-state index >= 15 is 0 Å². The second kappa shape index (κ2) is 33.7. The van der Waals surface area contributed by atoms with Gasteiger partial charge in [0.05, 0.1) is 6.61 Å². The monoisotopic (exact) mass is 825 g/mol. The third-order valence-electron chi connectivity index (χ3n) is 10.7. The highest BCUT2D eigenvalue weighted by Gasteiger charge is 2.51. The molecule has 6 atom stereocenters. The molecule has 0 saturated heterocycles. The van der Waals surface area contributed by atoms with Crippen molar-refractivity contribution in [3.63, 3.8) is 0 Å². The Balaban J connectivity index is 2.46. The molecule has 1 saturated carbocycles. The molecular formula is C42H81O13P. The van der Waals surface area contributed by atoms with Crippen LogP contribution in [0.3, 0.4) is 0 Å². The summed E-state index contributed by atoms with van der Waals surface area (Å²) in [6, 6.07) is 0. The molecule has 0 spiro atoms. The molecule has 0 aromatic carbocycles. The molecule has 0 heterocycles. The largest absolute Gasteiger partial charge is 0.472 e. The lowest BCUT2D eigenvalue weighted by Crippen LogP contribution is -2.64. The van der Waals surface area contributed by atoms with Gasteiger partial charge in [-0.2, -0.15) is 0 Å². The van der Waals surface area contributed by atoms with Crippen molar-refractivity contribution in [3.8, 4) is 0 Å². The number of aliphatic hydroxyl groups excluding tert-OH is 5. The minimum Gasteiger partial charge on any atom is -0.462 e. The second-order valence-electron chi connectivity index (χ2n) is 15.9. The minimum atomic E-state index is -5.11. The fourth-order valence-corrected chi connectivity index (χ4v) is 8.03. The molecule has 1 aliphatic rings. The van der Waals surface area contributed by atoms with Crippen LogP contribution >= 0.6 is 7.82 Å². The Bertz CT molecular complexity index is 1000. The summed E-state index contributed by atoms with van der Waals surface area (Å²) in [5, 5.41) is 50.0. The number of ether oxygens (including phenoxy) is 2. The summed E-state index contributed by atoms with van der Waals surface area (Å²) in [5.74, 6) is -1.09. The summed E-state index contributed by atoms with van der Waals surface area (Å²) in [6.45, 7) is 3.30. The van der Waals surface area contributed by atoms with E-state index in [1.165, 1.54) is 122 Å². The summed E-state index contributed by atoms with van der Waals surface area (Å²) in [7, 11) is -5.11. The standard InChI is InChI=1S/C42H81O13P/c1-3-5-7-9-11-13-15-17-18-19-21-23-25-27-29-31-36(44)54-34(32-52-35(43)30-28-26-24-22-20-16-14-12-10-8-6-4-2)33-53-56(50,51)55-42-40(48)38(46)37(45)39(47)41(42)49/h34,37-42,45-49H,3-33H2,1-2H3,(H,50,51). The van der Waals surface area contributed by atoms with Gasteiger partial charge in [0, 0.05) is 12.8 Å². The zero-order valence-corrected chi connectivity index (χ0v) is 35.8. The molecule has 332 valence electrons. The van der Waals surface area contributed by atoms with E-state index in [1.807, 2.05) is 0 Å². The summed E-state index contributed by atoms with van der Waals surface area (Å²) < 4.78 is 33.5. The van der Waals surface area contributed by atoms with Gasteiger partial charge >= 0.3 is 19.8 Å². The fraction of sp³-hybridized carbons (Fsp3) is 0.952. The molecule has 1 rings (SSSR count). The number of carbonyl (C=O) groups is 2. The Morgan fingerprint density at radius 3 is 1.18 bits per heavy atom. The van der Waals surface area contributed by atoms with Crippen LogP contribution in [-0.2, 0) is 32.7 Å². The van der Waals surface area contributed by atoms with Crippen molar-refractivity contribution in [1.82, 2.24) is 0 Å². The molecular weight excluding hydrogens is 743 g/mol. The van der Waals surface area contributed by atoms with Gasteiger partial charge in [-0.05, 0) is 12.8 Å². The summed E-state index contributed by atoms with van der Waals surface area (Å²) in [5.41, 5.74) is 0. The predicted octanol–water partition coefficient (Wildman–Crippen LogP) is 8.11. The zero-order valence-electron chi connectivity index (χ0n) is 34.9. The first-order valence-electron chi connectivity index (χ1n) is 22.3. The van der Waals surface area contributed by atoms with Crippen molar-refractivity contribution < 1.29 is 63.1 Å². The molecule has 0 bridgehead atoms. The number of hydrogen-bond donors (Lipinski definition) is 6. The van der Waals surface area contributed by atoms with Crippen molar-refractivity contribution in [1.29, 1.82) is 0 Å². The van der Waals surface area contributed by atoms with Gasteiger partial charge in [-0.1, -0.05) is 174 Å². The number of esters is 2. The Morgan fingerprint density at radius 2 is 0.804 bits per heavy atom. The Labute approximate surface area is 338 Å². The molecule has 14 heteroatoms. The van der Waals surface area contributed by atoms with E-state index < -0.39 is 75.7 Å². The number of phosphoric acid groups is 1. The number of aliphatic hydroxyl groups is 5. The molecule has 13 nitrogen and oxygen atoms in total. The molecule has 1 aliphatic carbocycles. The summed E-state index contributed by atoms with van der Waals surface area (Å²) in [6.07, 6.45) is 18.8. The minimum absolute atomic E-state index is 0.105. The smallest absolute Gasteiger partial charge is 0.462 e. The highest BCUT2D eigenvalue weighted by Crippen LogP contribution is 2.47. The number of rotatable bonds is 37. The van der Waals surface area contributed by atoms with Crippen molar-refractivity contribution in [2.45, 2.75) is 243 Å². The number of unbranched alkanes of at least 4 members (excludes halogenated alkanes) is 25. The van der Waals surface area contributed by atoms with Crippen LogP contribution in [0.5, 0.6) is 0 Å². The quantitative estimate of drug-likeness (QED) is 0.0199. The first-order chi connectivity index (χ1) is 26.9.